The zero-order chi connectivity index (χ0) is 24.5. The van der Waals surface area contributed by atoms with Gasteiger partial charge in [0.2, 0.25) is 5.91 Å². The van der Waals surface area contributed by atoms with Gasteiger partial charge in [-0.1, -0.05) is 18.2 Å². The number of fused-ring (bicyclic) bond motifs is 2. The summed E-state index contributed by atoms with van der Waals surface area (Å²) < 4.78 is 11.2. The molecular formula is C27H22N2O6. The number of nitrogens with one attached hydrogen (secondary N) is 1. The van der Waals surface area contributed by atoms with Gasteiger partial charge in [0, 0.05) is 12.1 Å². The van der Waals surface area contributed by atoms with Crippen LogP contribution in [0.25, 0.3) is 0 Å². The quantitative estimate of drug-likeness (QED) is 0.332. The van der Waals surface area contributed by atoms with E-state index in [-0.39, 0.29) is 29.8 Å². The molecule has 0 bridgehead atoms. The minimum Gasteiger partial charge on any atom is -0.493 e. The molecule has 5 rings (SSSR count). The Bertz CT molecular complexity index is 1340. The van der Waals surface area contributed by atoms with Gasteiger partial charge in [0.1, 0.15) is 17.1 Å². The highest BCUT2D eigenvalue weighted by Crippen LogP contribution is 2.30. The first-order valence-electron chi connectivity index (χ1n) is 11.3. The minimum atomic E-state index is -0.627. The molecule has 3 aromatic carbocycles. The molecule has 2 aliphatic rings. The van der Waals surface area contributed by atoms with Crippen molar-refractivity contribution in [3.8, 4) is 11.5 Å². The van der Waals surface area contributed by atoms with Crippen LogP contribution in [0.4, 0.5) is 5.69 Å². The van der Waals surface area contributed by atoms with Crippen molar-refractivity contribution in [2.75, 3.05) is 11.9 Å². The van der Waals surface area contributed by atoms with Gasteiger partial charge in [0.05, 0.1) is 24.3 Å². The number of ether oxygens (including phenoxy) is 2. The van der Waals surface area contributed by atoms with Gasteiger partial charge in [-0.25, -0.2) is 4.79 Å². The Morgan fingerprint density at radius 3 is 2.40 bits per heavy atom. The van der Waals surface area contributed by atoms with Gasteiger partial charge >= 0.3 is 5.97 Å². The van der Waals surface area contributed by atoms with Gasteiger partial charge in [0.15, 0.2) is 0 Å². The predicted octanol–water partition coefficient (Wildman–Crippen LogP) is 3.99. The van der Waals surface area contributed by atoms with Gasteiger partial charge in [-0.2, -0.15) is 0 Å². The number of aryl methyl sites for hydroxylation is 1. The second kappa shape index (κ2) is 9.06. The van der Waals surface area contributed by atoms with Gasteiger partial charge in [-0.3, -0.25) is 19.3 Å². The topological polar surface area (TPSA) is 102 Å². The first-order valence-corrected chi connectivity index (χ1v) is 11.3. The van der Waals surface area contributed by atoms with E-state index < -0.39 is 5.97 Å². The van der Waals surface area contributed by atoms with E-state index in [1.165, 1.54) is 0 Å². The van der Waals surface area contributed by atoms with E-state index in [2.05, 4.69) is 5.32 Å². The summed E-state index contributed by atoms with van der Waals surface area (Å²) in [4.78, 5) is 51.3. The number of benzene rings is 3. The monoisotopic (exact) mass is 470 g/mol. The van der Waals surface area contributed by atoms with Crippen molar-refractivity contribution in [1.82, 2.24) is 4.90 Å². The lowest BCUT2D eigenvalue weighted by Crippen LogP contribution is -2.29. The molecule has 0 saturated carbocycles. The van der Waals surface area contributed by atoms with Crippen molar-refractivity contribution in [3.63, 3.8) is 0 Å². The van der Waals surface area contributed by atoms with Crippen LogP contribution in [0.15, 0.2) is 60.7 Å². The number of carbonyl (C=O) groups excluding carboxylic acids is 4. The molecule has 3 amide bonds. The first-order chi connectivity index (χ1) is 16.9. The van der Waals surface area contributed by atoms with E-state index >= 15 is 0 Å². The first kappa shape index (κ1) is 22.3. The Morgan fingerprint density at radius 1 is 0.943 bits per heavy atom. The molecule has 3 aromatic rings. The summed E-state index contributed by atoms with van der Waals surface area (Å²) in [5, 5.41) is 2.79. The number of anilines is 1. The fourth-order valence-corrected chi connectivity index (χ4v) is 4.27. The molecule has 8 nitrogen and oxygen atoms in total. The molecular weight excluding hydrogens is 448 g/mol. The van der Waals surface area contributed by atoms with Gasteiger partial charge in [0.25, 0.3) is 11.8 Å². The fraction of sp³-hybridized carbons (Fsp3) is 0.185. The van der Waals surface area contributed by atoms with Crippen molar-refractivity contribution < 1.29 is 28.7 Å². The number of esters is 1. The highest BCUT2D eigenvalue weighted by molar-refractivity contribution is 6.21. The second-order valence-corrected chi connectivity index (χ2v) is 8.26. The Balaban J connectivity index is 1.39. The summed E-state index contributed by atoms with van der Waals surface area (Å²) >= 11 is 0. The van der Waals surface area contributed by atoms with Crippen molar-refractivity contribution in [2.45, 2.75) is 26.3 Å². The lowest BCUT2D eigenvalue weighted by Gasteiger charge is -2.18. The maximum Gasteiger partial charge on any atom is 0.347 e. The van der Waals surface area contributed by atoms with Crippen LogP contribution < -0.4 is 14.8 Å². The molecule has 0 unspecified atom stereocenters. The average Bonchev–Trinajstić information content (AvgIpc) is 3.10. The molecule has 0 aliphatic carbocycles. The van der Waals surface area contributed by atoms with E-state index in [1.807, 2.05) is 0 Å². The molecule has 2 aliphatic heterocycles. The number of amides is 3. The molecule has 176 valence electrons. The third-order valence-electron chi connectivity index (χ3n) is 5.97. The molecule has 8 heteroatoms. The summed E-state index contributed by atoms with van der Waals surface area (Å²) in [6.07, 6.45) is 0.936. The number of imide groups is 1. The SMILES string of the molecule is CCOc1ccc(CN2C(=O)c3ccccc3C2=O)cc1C(=O)Oc1ccc2c(c1)CCC(=O)N2. The molecule has 0 atom stereocenters. The summed E-state index contributed by atoms with van der Waals surface area (Å²) in [7, 11) is 0. The molecule has 2 heterocycles. The molecule has 35 heavy (non-hydrogen) atoms. The van der Waals surface area contributed by atoms with E-state index in [0.717, 1.165) is 10.5 Å². The average molecular weight is 470 g/mol. The summed E-state index contributed by atoms with van der Waals surface area (Å²) in [6, 6.07) is 16.7. The van der Waals surface area contributed by atoms with Crippen molar-refractivity contribution >= 4 is 29.4 Å². The van der Waals surface area contributed by atoms with Crippen LogP contribution in [-0.4, -0.2) is 35.2 Å². The third kappa shape index (κ3) is 4.26. The lowest BCUT2D eigenvalue weighted by molar-refractivity contribution is -0.116. The molecule has 0 radical (unpaired) electrons. The van der Waals surface area contributed by atoms with Crippen LogP contribution in [0.3, 0.4) is 0 Å². The maximum atomic E-state index is 13.1. The third-order valence-corrected chi connectivity index (χ3v) is 5.97. The smallest absolute Gasteiger partial charge is 0.347 e. The Hall–Kier alpha value is -4.46. The molecule has 1 N–H and O–H groups in total. The predicted molar refractivity (Wildman–Crippen MR) is 127 cm³/mol. The molecule has 0 aromatic heterocycles. The Labute approximate surface area is 201 Å². The standard InChI is InChI=1S/C27H22N2O6/c1-2-34-23-11-7-16(15-29-25(31)19-5-3-4-6-20(19)26(29)32)13-21(23)27(33)35-18-9-10-22-17(14-18)8-12-24(30)28-22/h3-7,9-11,13-14H,2,8,12,15H2,1H3,(H,28,30). The molecule has 0 spiro atoms. The Kier molecular flexibility index (Phi) is 5.78. The second-order valence-electron chi connectivity index (χ2n) is 8.26. The number of hydrogen-bond donors (Lipinski definition) is 1. The minimum absolute atomic E-state index is 0.0115. The van der Waals surface area contributed by atoms with Crippen LogP contribution in [-0.2, 0) is 17.8 Å². The van der Waals surface area contributed by atoms with Crippen LogP contribution in [0.2, 0.25) is 0 Å². The van der Waals surface area contributed by atoms with E-state index in [4.69, 9.17) is 9.47 Å². The van der Waals surface area contributed by atoms with Crippen LogP contribution in [0, 0.1) is 0 Å². The van der Waals surface area contributed by atoms with Crippen molar-refractivity contribution in [3.05, 3.63) is 88.5 Å². The Morgan fingerprint density at radius 2 is 1.69 bits per heavy atom. The number of carbonyl (C=O) groups is 4. The molecule has 0 saturated heterocycles. The van der Waals surface area contributed by atoms with Crippen LogP contribution in [0.1, 0.15) is 55.5 Å². The van der Waals surface area contributed by atoms with Gasteiger partial charge < -0.3 is 14.8 Å². The number of hydrogen-bond acceptors (Lipinski definition) is 6. The van der Waals surface area contributed by atoms with Gasteiger partial charge in [-0.15, -0.1) is 0 Å². The van der Waals surface area contributed by atoms with E-state index in [1.54, 1.807) is 67.6 Å². The van der Waals surface area contributed by atoms with E-state index in [9.17, 15) is 19.2 Å². The highest BCUT2D eigenvalue weighted by Gasteiger charge is 2.35. The summed E-state index contributed by atoms with van der Waals surface area (Å²) in [5.74, 6) is -0.725. The summed E-state index contributed by atoms with van der Waals surface area (Å²) in [6.45, 7) is 2.16. The normalized spacial score (nSPS) is 14.3. The largest absolute Gasteiger partial charge is 0.493 e. The van der Waals surface area contributed by atoms with Crippen molar-refractivity contribution in [1.29, 1.82) is 0 Å². The number of nitrogens with zero attached hydrogens (tertiary/aromatic N) is 1. The molecule has 0 fully saturated rings. The van der Waals surface area contributed by atoms with Crippen LogP contribution >= 0.6 is 0 Å². The maximum absolute atomic E-state index is 13.1. The lowest BCUT2D eigenvalue weighted by atomic mass is 10.0. The highest BCUT2D eigenvalue weighted by atomic mass is 16.5. The summed E-state index contributed by atoms with van der Waals surface area (Å²) in [5.41, 5.74) is 3.10. The number of rotatable bonds is 6. The zero-order valence-electron chi connectivity index (χ0n) is 19.0. The van der Waals surface area contributed by atoms with Gasteiger partial charge in [-0.05, 0) is 66.9 Å². The fourth-order valence-electron chi connectivity index (χ4n) is 4.27. The zero-order valence-corrected chi connectivity index (χ0v) is 19.0. The van der Waals surface area contributed by atoms with Crippen LogP contribution in [0.5, 0.6) is 11.5 Å². The van der Waals surface area contributed by atoms with E-state index in [0.29, 0.717) is 53.3 Å². The van der Waals surface area contributed by atoms with Crippen molar-refractivity contribution in [2.24, 2.45) is 0 Å².